The maximum absolute atomic E-state index is 13.8. The van der Waals surface area contributed by atoms with E-state index >= 15 is 0 Å². The van der Waals surface area contributed by atoms with Crippen LogP contribution in [0.1, 0.15) is 22.0 Å². The molecule has 0 spiro atoms. The molecular weight excluding hydrogens is 520 g/mol. The van der Waals surface area contributed by atoms with E-state index in [0.29, 0.717) is 11.0 Å². The summed E-state index contributed by atoms with van der Waals surface area (Å²) in [5.74, 6) is -1.33. The van der Waals surface area contributed by atoms with Gasteiger partial charge in [0.25, 0.3) is 0 Å². The van der Waals surface area contributed by atoms with Gasteiger partial charge >= 0.3 is 6.18 Å². The molecule has 3 aromatic rings. The van der Waals surface area contributed by atoms with Crippen LogP contribution in [-0.4, -0.2) is 43.6 Å². The van der Waals surface area contributed by atoms with Crippen LogP contribution in [0.5, 0.6) is 0 Å². The molecule has 2 aliphatic rings. The van der Waals surface area contributed by atoms with Crippen LogP contribution in [0.4, 0.5) is 17.6 Å². The summed E-state index contributed by atoms with van der Waals surface area (Å²) in [7, 11) is 0. The molecule has 12 heteroatoms. The number of thiazole rings is 1. The van der Waals surface area contributed by atoms with E-state index in [1.54, 1.807) is 23.2 Å². The molecule has 0 saturated carbocycles. The SMILES string of the molecule is O=C1C2=CC=CCN2C(Cc2cnc(Cl)s2)N(O)C1c1cc(-c2ccc(F)nc2)cc(C(F)(F)F)c1. The molecule has 1 aromatic carbocycles. The van der Waals surface area contributed by atoms with Gasteiger partial charge in [-0.2, -0.15) is 22.6 Å². The van der Waals surface area contributed by atoms with Crippen LogP contribution in [0.3, 0.4) is 0 Å². The molecule has 2 atom stereocenters. The van der Waals surface area contributed by atoms with E-state index in [0.717, 1.165) is 34.3 Å². The Kier molecular flexibility index (Phi) is 6.41. The Balaban J connectivity index is 1.62. The number of carbonyl (C=O) groups is 1. The fourth-order valence-corrected chi connectivity index (χ4v) is 5.37. The third kappa shape index (κ3) is 4.66. The molecule has 0 amide bonds. The van der Waals surface area contributed by atoms with Gasteiger partial charge < -0.3 is 10.1 Å². The predicted octanol–water partition coefficient (Wildman–Crippen LogP) is 5.66. The Morgan fingerprint density at radius 2 is 1.94 bits per heavy atom. The van der Waals surface area contributed by atoms with Gasteiger partial charge in [-0.05, 0) is 47.5 Å². The quantitative estimate of drug-likeness (QED) is 0.343. The second-order valence-electron chi connectivity index (χ2n) is 8.25. The number of alkyl halides is 3. The Hall–Kier alpha value is -3.12. The highest BCUT2D eigenvalue weighted by molar-refractivity contribution is 7.15. The number of Topliss-reactive ketones (excluding diaryl/α,β-unsaturated/α-hetero) is 1. The molecule has 5 rings (SSSR count). The van der Waals surface area contributed by atoms with Gasteiger partial charge in [0, 0.05) is 35.8 Å². The van der Waals surface area contributed by atoms with Crippen molar-refractivity contribution in [2.24, 2.45) is 0 Å². The number of hydrogen-bond acceptors (Lipinski definition) is 7. The average Bonchev–Trinajstić information content (AvgIpc) is 3.26. The molecular formula is C24H17ClF4N4O2S. The first-order chi connectivity index (χ1) is 17.1. The fraction of sp³-hybridized carbons (Fsp3) is 0.208. The van der Waals surface area contributed by atoms with Gasteiger partial charge in [-0.3, -0.25) is 4.79 Å². The van der Waals surface area contributed by atoms with Crippen molar-refractivity contribution in [3.05, 3.63) is 93.1 Å². The summed E-state index contributed by atoms with van der Waals surface area (Å²) in [5, 5.41) is 12.1. The lowest BCUT2D eigenvalue weighted by Crippen LogP contribution is -2.57. The molecule has 1 N–H and O–H groups in total. The van der Waals surface area contributed by atoms with Crippen molar-refractivity contribution in [3.8, 4) is 11.1 Å². The number of hydroxylamine groups is 2. The number of allylic oxidation sites excluding steroid dienone is 2. The summed E-state index contributed by atoms with van der Waals surface area (Å²) in [5.41, 5.74) is -0.478. The Bertz CT molecular complexity index is 1370. The molecule has 0 bridgehead atoms. The number of nitrogens with zero attached hydrogens (tertiary/aromatic N) is 4. The molecule has 2 unspecified atom stereocenters. The summed E-state index contributed by atoms with van der Waals surface area (Å²) in [6.45, 7) is 0.327. The minimum atomic E-state index is -4.73. The Labute approximate surface area is 211 Å². The summed E-state index contributed by atoms with van der Waals surface area (Å²) >= 11 is 7.16. The lowest BCUT2D eigenvalue weighted by molar-refractivity contribution is -0.209. The fourth-order valence-electron chi connectivity index (χ4n) is 4.36. The van der Waals surface area contributed by atoms with Crippen LogP contribution in [-0.2, 0) is 17.4 Å². The van der Waals surface area contributed by atoms with Crippen molar-refractivity contribution in [2.45, 2.75) is 24.8 Å². The van der Waals surface area contributed by atoms with Crippen LogP contribution in [0.25, 0.3) is 11.1 Å². The van der Waals surface area contributed by atoms with E-state index in [4.69, 9.17) is 11.6 Å². The molecule has 2 aromatic heterocycles. The highest BCUT2D eigenvalue weighted by Gasteiger charge is 2.45. The normalized spacial score (nSPS) is 20.4. The first kappa shape index (κ1) is 24.6. The summed E-state index contributed by atoms with van der Waals surface area (Å²) in [4.78, 5) is 23.4. The third-order valence-electron chi connectivity index (χ3n) is 6.00. The molecule has 4 heterocycles. The molecule has 6 nitrogen and oxygen atoms in total. The number of aromatic nitrogens is 2. The van der Waals surface area contributed by atoms with Crippen molar-refractivity contribution in [1.82, 2.24) is 19.9 Å². The first-order valence-electron chi connectivity index (χ1n) is 10.7. The number of pyridine rings is 1. The maximum atomic E-state index is 13.8. The second-order valence-corrected chi connectivity index (χ2v) is 9.95. The van der Waals surface area contributed by atoms with E-state index in [-0.39, 0.29) is 28.8 Å². The van der Waals surface area contributed by atoms with Crippen molar-refractivity contribution >= 4 is 28.7 Å². The number of hydrogen-bond donors (Lipinski definition) is 1. The standard InChI is InChI=1S/C24H17ClF4N4O2S/c25-23-31-12-17(36-23)10-20-32-6-2-1-3-18(32)22(34)21(33(20)35)15-7-14(8-16(9-15)24(27,28)29)13-4-5-19(26)30-11-13/h1-5,7-9,11-12,20-21,35H,6,10H2. The Morgan fingerprint density at radius 3 is 2.61 bits per heavy atom. The third-order valence-corrected chi connectivity index (χ3v) is 7.14. The number of halogens is 5. The van der Waals surface area contributed by atoms with Crippen molar-refractivity contribution in [1.29, 1.82) is 0 Å². The van der Waals surface area contributed by atoms with E-state index in [1.807, 2.05) is 6.08 Å². The molecule has 1 saturated heterocycles. The zero-order valence-electron chi connectivity index (χ0n) is 18.3. The summed E-state index contributed by atoms with van der Waals surface area (Å²) in [6, 6.07) is 4.05. The minimum Gasteiger partial charge on any atom is -0.347 e. The van der Waals surface area contributed by atoms with Crippen molar-refractivity contribution in [3.63, 3.8) is 0 Å². The highest BCUT2D eigenvalue weighted by Crippen LogP contribution is 2.40. The summed E-state index contributed by atoms with van der Waals surface area (Å²) < 4.78 is 55.2. The van der Waals surface area contributed by atoms with Crippen LogP contribution >= 0.6 is 22.9 Å². The monoisotopic (exact) mass is 536 g/mol. The zero-order valence-corrected chi connectivity index (χ0v) is 19.9. The second kappa shape index (κ2) is 9.40. The predicted molar refractivity (Wildman–Crippen MR) is 125 cm³/mol. The summed E-state index contributed by atoms with van der Waals surface area (Å²) in [6.07, 6.45) is 2.47. The van der Waals surface area contributed by atoms with Crippen molar-refractivity contribution < 1.29 is 27.6 Å². The van der Waals surface area contributed by atoms with E-state index in [2.05, 4.69) is 9.97 Å². The van der Waals surface area contributed by atoms with Crippen LogP contribution in [0.15, 0.2) is 66.7 Å². The first-order valence-corrected chi connectivity index (χ1v) is 11.9. The van der Waals surface area contributed by atoms with E-state index in [9.17, 15) is 27.6 Å². The van der Waals surface area contributed by atoms with Crippen LogP contribution in [0, 0.1) is 5.95 Å². The minimum absolute atomic E-state index is 0.0564. The van der Waals surface area contributed by atoms with Gasteiger partial charge in [0.2, 0.25) is 11.7 Å². The lowest BCUT2D eigenvalue weighted by atomic mass is 9.90. The number of carbonyl (C=O) groups excluding carboxylic acids is 1. The molecule has 186 valence electrons. The van der Waals surface area contributed by atoms with Gasteiger partial charge in [-0.25, -0.2) is 9.97 Å². The number of benzene rings is 1. The molecule has 1 fully saturated rings. The van der Waals surface area contributed by atoms with Crippen LogP contribution < -0.4 is 0 Å². The molecule has 0 radical (unpaired) electrons. The Morgan fingerprint density at radius 1 is 1.14 bits per heavy atom. The van der Waals surface area contributed by atoms with Gasteiger partial charge in [0.05, 0.1) is 11.3 Å². The topological polar surface area (TPSA) is 69.6 Å². The van der Waals surface area contributed by atoms with Gasteiger partial charge in [-0.1, -0.05) is 23.8 Å². The van der Waals surface area contributed by atoms with Crippen LogP contribution in [0.2, 0.25) is 4.47 Å². The number of ketones is 1. The molecule has 36 heavy (non-hydrogen) atoms. The zero-order chi connectivity index (χ0) is 25.6. The number of rotatable bonds is 4. The molecule has 2 aliphatic heterocycles. The maximum Gasteiger partial charge on any atom is 0.416 e. The largest absolute Gasteiger partial charge is 0.416 e. The molecule has 0 aliphatic carbocycles. The lowest BCUT2D eigenvalue weighted by Gasteiger charge is -2.47. The van der Waals surface area contributed by atoms with Gasteiger partial charge in [0.1, 0.15) is 12.2 Å². The smallest absolute Gasteiger partial charge is 0.347 e. The van der Waals surface area contributed by atoms with Crippen molar-refractivity contribution in [2.75, 3.05) is 6.54 Å². The van der Waals surface area contributed by atoms with E-state index in [1.165, 1.54) is 23.5 Å². The number of fused-ring (bicyclic) bond motifs is 1. The highest BCUT2D eigenvalue weighted by atomic mass is 35.5. The van der Waals surface area contributed by atoms with Gasteiger partial charge in [-0.15, -0.1) is 11.3 Å². The van der Waals surface area contributed by atoms with Gasteiger partial charge in [0.15, 0.2) is 4.47 Å². The average molecular weight is 537 g/mol. The van der Waals surface area contributed by atoms with E-state index < -0.39 is 35.7 Å².